The number of aryl methyl sites for hydroxylation is 2. The molecule has 7 nitrogen and oxygen atoms in total. The minimum atomic E-state index is -0.778. The van der Waals surface area contributed by atoms with Crippen molar-refractivity contribution in [2.45, 2.75) is 26.8 Å². The van der Waals surface area contributed by atoms with Gasteiger partial charge in [-0.15, -0.1) is 0 Å². The first-order valence-corrected chi connectivity index (χ1v) is 9.11. The highest BCUT2D eigenvalue weighted by molar-refractivity contribution is 5.95. The standard InChI is InChI=1S/C22H21N3O4/c1-14-8-4-5-9-17(14)15(2)24-19(26)13-28-22(27)20-16(3)29-21(18(20)12-23)25-10-6-7-11-25/h4-11,15H,13H2,1-3H3,(H,24,26). The van der Waals surface area contributed by atoms with Gasteiger partial charge in [0.1, 0.15) is 23.0 Å². The Bertz CT molecular complexity index is 1070. The summed E-state index contributed by atoms with van der Waals surface area (Å²) in [6.07, 6.45) is 3.41. The lowest BCUT2D eigenvalue weighted by Gasteiger charge is -2.16. The van der Waals surface area contributed by atoms with E-state index in [0.717, 1.165) is 11.1 Å². The first kappa shape index (κ1) is 20.0. The summed E-state index contributed by atoms with van der Waals surface area (Å²) in [5, 5.41) is 12.3. The van der Waals surface area contributed by atoms with Crippen LogP contribution in [-0.2, 0) is 9.53 Å². The van der Waals surface area contributed by atoms with Gasteiger partial charge in [-0.25, -0.2) is 4.79 Å². The minimum Gasteiger partial charge on any atom is -0.452 e. The number of hydrogen-bond donors (Lipinski definition) is 1. The van der Waals surface area contributed by atoms with Gasteiger partial charge in [-0.3, -0.25) is 9.36 Å². The van der Waals surface area contributed by atoms with E-state index in [1.807, 2.05) is 44.2 Å². The summed E-state index contributed by atoms with van der Waals surface area (Å²) in [6, 6.07) is 13.0. The second-order valence-electron chi connectivity index (χ2n) is 6.64. The monoisotopic (exact) mass is 391 g/mol. The molecule has 0 aliphatic carbocycles. The van der Waals surface area contributed by atoms with Gasteiger partial charge in [-0.1, -0.05) is 24.3 Å². The summed E-state index contributed by atoms with van der Waals surface area (Å²) in [7, 11) is 0. The SMILES string of the molecule is Cc1ccccc1C(C)NC(=O)COC(=O)c1c(C)oc(-n2cccc2)c1C#N. The van der Waals surface area contributed by atoms with Crippen LogP contribution in [0.15, 0.2) is 53.2 Å². The fourth-order valence-corrected chi connectivity index (χ4v) is 3.17. The third-order valence-electron chi connectivity index (χ3n) is 4.59. The molecule has 3 rings (SSSR count). The van der Waals surface area contributed by atoms with E-state index in [1.54, 1.807) is 36.0 Å². The fraction of sp³-hybridized carbons (Fsp3) is 0.227. The molecular formula is C22H21N3O4. The van der Waals surface area contributed by atoms with Crippen LogP contribution in [0.5, 0.6) is 0 Å². The van der Waals surface area contributed by atoms with E-state index >= 15 is 0 Å². The van der Waals surface area contributed by atoms with Crippen molar-refractivity contribution < 1.29 is 18.7 Å². The third kappa shape index (κ3) is 4.22. The van der Waals surface area contributed by atoms with Crippen molar-refractivity contribution in [2.75, 3.05) is 6.61 Å². The molecule has 0 aliphatic rings. The predicted octanol–water partition coefficient (Wildman–Crippen LogP) is 3.59. The van der Waals surface area contributed by atoms with Crippen molar-refractivity contribution >= 4 is 11.9 Å². The average molecular weight is 391 g/mol. The number of nitrogens with one attached hydrogen (secondary N) is 1. The molecule has 2 aromatic heterocycles. The number of ether oxygens (including phenoxy) is 1. The Balaban J connectivity index is 1.68. The number of esters is 1. The lowest BCUT2D eigenvalue weighted by atomic mass is 10.0. The van der Waals surface area contributed by atoms with Gasteiger partial charge < -0.3 is 14.5 Å². The number of hydrogen-bond acceptors (Lipinski definition) is 5. The summed E-state index contributed by atoms with van der Waals surface area (Å²) in [4.78, 5) is 24.7. The third-order valence-corrected chi connectivity index (χ3v) is 4.59. The Morgan fingerprint density at radius 2 is 1.90 bits per heavy atom. The van der Waals surface area contributed by atoms with Crippen LogP contribution in [0.1, 0.15) is 45.8 Å². The highest BCUT2D eigenvalue weighted by Crippen LogP contribution is 2.26. The summed E-state index contributed by atoms with van der Waals surface area (Å²) in [5.41, 5.74) is 2.14. The van der Waals surface area contributed by atoms with E-state index in [0.29, 0.717) is 0 Å². The van der Waals surface area contributed by atoms with Crippen molar-refractivity contribution in [1.29, 1.82) is 5.26 Å². The van der Waals surface area contributed by atoms with E-state index in [1.165, 1.54) is 0 Å². The van der Waals surface area contributed by atoms with Gasteiger partial charge in [-0.05, 0) is 44.0 Å². The number of amides is 1. The van der Waals surface area contributed by atoms with Crippen LogP contribution in [0.3, 0.4) is 0 Å². The lowest BCUT2D eigenvalue weighted by molar-refractivity contribution is -0.124. The normalized spacial score (nSPS) is 11.5. The first-order chi connectivity index (χ1) is 13.9. The van der Waals surface area contributed by atoms with Crippen LogP contribution in [0.4, 0.5) is 0 Å². The topological polar surface area (TPSA) is 97.3 Å². The van der Waals surface area contributed by atoms with Crippen LogP contribution in [-0.4, -0.2) is 23.1 Å². The first-order valence-electron chi connectivity index (χ1n) is 9.11. The van der Waals surface area contributed by atoms with Crippen LogP contribution in [0, 0.1) is 25.2 Å². The summed E-state index contributed by atoms with van der Waals surface area (Å²) in [6.45, 7) is 4.94. The molecule has 0 fully saturated rings. The zero-order chi connectivity index (χ0) is 21.0. The number of furan rings is 1. The van der Waals surface area contributed by atoms with Crippen LogP contribution >= 0.6 is 0 Å². The average Bonchev–Trinajstić information content (AvgIpc) is 3.33. The van der Waals surface area contributed by atoms with Gasteiger partial charge >= 0.3 is 5.97 Å². The Morgan fingerprint density at radius 3 is 2.55 bits per heavy atom. The molecule has 7 heteroatoms. The van der Waals surface area contributed by atoms with Crippen molar-refractivity contribution in [3.05, 3.63) is 76.8 Å². The molecular weight excluding hydrogens is 370 g/mol. The molecule has 0 saturated carbocycles. The molecule has 2 heterocycles. The van der Waals surface area contributed by atoms with Gasteiger partial charge in [-0.2, -0.15) is 5.26 Å². The van der Waals surface area contributed by atoms with Crippen molar-refractivity contribution in [3.8, 4) is 12.0 Å². The molecule has 29 heavy (non-hydrogen) atoms. The number of aromatic nitrogens is 1. The maximum Gasteiger partial charge on any atom is 0.343 e. The van der Waals surface area contributed by atoms with Gasteiger partial charge in [0.25, 0.3) is 5.91 Å². The maximum atomic E-state index is 12.5. The number of nitriles is 1. The molecule has 0 spiro atoms. The molecule has 0 saturated heterocycles. The Morgan fingerprint density at radius 1 is 1.21 bits per heavy atom. The highest BCUT2D eigenvalue weighted by atomic mass is 16.5. The van der Waals surface area contributed by atoms with Crippen molar-refractivity contribution in [1.82, 2.24) is 9.88 Å². The molecule has 1 amide bonds. The zero-order valence-corrected chi connectivity index (χ0v) is 16.4. The smallest absolute Gasteiger partial charge is 0.343 e. The maximum absolute atomic E-state index is 12.5. The van der Waals surface area contributed by atoms with Gasteiger partial charge in [0.05, 0.1) is 6.04 Å². The van der Waals surface area contributed by atoms with E-state index in [9.17, 15) is 14.9 Å². The molecule has 0 bridgehead atoms. The number of carbonyl (C=O) groups excluding carboxylic acids is 2. The van der Waals surface area contributed by atoms with Crippen LogP contribution in [0.2, 0.25) is 0 Å². The quantitative estimate of drug-likeness (QED) is 0.648. The van der Waals surface area contributed by atoms with E-state index in [-0.39, 0.29) is 28.8 Å². The molecule has 1 aromatic carbocycles. The predicted molar refractivity (Wildman–Crippen MR) is 106 cm³/mol. The van der Waals surface area contributed by atoms with E-state index < -0.39 is 18.5 Å². The molecule has 148 valence electrons. The second-order valence-corrected chi connectivity index (χ2v) is 6.64. The molecule has 1 atom stereocenters. The van der Waals surface area contributed by atoms with Gasteiger partial charge in [0.2, 0.25) is 5.88 Å². The number of benzene rings is 1. The lowest BCUT2D eigenvalue weighted by Crippen LogP contribution is -2.31. The fourth-order valence-electron chi connectivity index (χ4n) is 3.17. The highest BCUT2D eigenvalue weighted by Gasteiger charge is 2.26. The van der Waals surface area contributed by atoms with E-state index in [2.05, 4.69) is 5.32 Å². The summed E-state index contributed by atoms with van der Waals surface area (Å²) < 4.78 is 12.3. The Labute approximate surface area is 168 Å². The molecule has 0 radical (unpaired) electrons. The Kier molecular flexibility index (Phi) is 5.84. The second kappa shape index (κ2) is 8.48. The van der Waals surface area contributed by atoms with Crippen molar-refractivity contribution in [2.24, 2.45) is 0 Å². The summed E-state index contributed by atoms with van der Waals surface area (Å²) in [5.74, 6) is -0.720. The molecule has 3 aromatic rings. The van der Waals surface area contributed by atoms with Gasteiger partial charge in [0.15, 0.2) is 6.61 Å². The molecule has 0 aliphatic heterocycles. The molecule has 1 N–H and O–H groups in total. The number of rotatable bonds is 6. The largest absolute Gasteiger partial charge is 0.452 e. The Hall–Kier alpha value is -3.79. The van der Waals surface area contributed by atoms with Crippen molar-refractivity contribution in [3.63, 3.8) is 0 Å². The van der Waals surface area contributed by atoms with E-state index in [4.69, 9.17) is 9.15 Å². The number of carbonyl (C=O) groups is 2. The minimum absolute atomic E-state index is 0.0240. The van der Waals surface area contributed by atoms with Crippen LogP contribution in [0.25, 0.3) is 5.88 Å². The zero-order valence-electron chi connectivity index (χ0n) is 16.4. The summed E-state index contributed by atoms with van der Waals surface area (Å²) >= 11 is 0. The van der Waals surface area contributed by atoms with Crippen LogP contribution < -0.4 is 5.32 Å². The van der Waals surface area contributed by atoms with Gasteiger partial charge in [0, 0.05) is 12.4 Å². The number of nitrogens with zero attached hydrogens (tertiary/aromatic N) is 2. The molecule has 1 unspecified atom stereocenters.